The van der Waals surface area contributed by atoms with Crippen molar-refractivity contribution < 1.29 is 9.53 Å². The molecule has 0 aromatic heterocycles. The Morgan fingerprint density at radius 1 is 1.11 bits per heavy atom. The molecular formula is C14H24N2O2. The maximum Gasteiger partial charge on any atom is 0.226 e. The zero-order valence-corrected chi connectivity index (χ0v) is 11.2. The predicted octanol–water partition coefficient (Wildman–Crippen LogP) is 1.15. The summed E-state index contributed by atoms with van der Waals surface area (Å²) in [5, 5.41) is 3.34. The van der Waals surface area contributed by atoms with E-state index in [2.05, 4.69) is 10.2 Å². The summed E-state index contributed by atoms with van der Waals surface area (Å²) in [5.74, 6) is 0.701. The number of hydrogen-bond acceptors (Lipinski definition) is 3. The molecule has 0 aromatic rings. The van der Waals surface area contributed by atoms with E-state index in [1.807, 2.05) is 0 Å². The lowest BCUT2D eigenvalue weighted by Gasteiger charge is -2.40. The van der Waals surface area contributed by atoms with Gasteiger partial charge in [0.05, 0.1) is 6.10 Å². The SMILES string of the molecule is COC1C[C@H]2CC[C@@H](C1)N2C(=O)C1CCNCC1. The molecule has 3 aliphatic rings. The quantitative estimate of drug-likeness (QED) is 0.801. The first kappa shape index (κ1) is 12.4. The van der Waals surface area contributed by atoms with E-state index < -0.39 is 0 Å². The Balaban J connectivity index is 1.67. The maximum absolute atomic E-state index is 12.7. The minimum atomic E-state index is 0.272. The fraction of sp³-hybridized carbons (Fsp3) is 0.929. The van der Waals surface area contributed by atoms with Crippen LogP contribution in [0.5, 0.6) is 0 Å². The third kappa shape index (κ3) is 2.16. The van der Waals surface area contributed by atoms with Crippen LogP contribution in [0.3, 0.4) is 0 Å². The van der Waals surface area contributed by atoms with E-state index in [1.165, 1.54) is 12.8 Å². The third-order valence-electron chi connectivity index (χ3n) is 4.97. The van der Waals surface area contributed by atoms with Gasteiger partial charge >= 0.3 is 0 Å². The Morgan fingerprint density at radius 2 is 1.72 bits per heavy atom. The van der Waals surface area contributed by atoms with Gasteiger partial charge in [-0.25, -0.2) is 0 Å². The van der Waals surface area contributed by atoms with Crippen LogP contribution in [0.2, 0.25) is 0 Å². The van der Waals surface area contributed by atoms with E-state index in [-0.39, 0.29) is 5.92 Å². The highest BCUT2D eigenvalue weighted by atomic mass is 16.5. The number of carbonyl (C=O) groups excluding carboxylic acids is 1. The molecule has 3 rings (SSSR count). The Labute approximate surface area is 109 Å². The van der Waals surface area contributed by atoms with Crippen LogP contribution in [0.4, 0.5) is 0 Å². The number of methoxy groups -OCH3 is 1. The molecule has 102 valence electrons. The Kier molecular flexibility index (Phi) is 3.57. The van der Waals surface area contributed by atoms with Crippen molar-refractivity contribution in [2.24, 2.45) is 5.92 Å². The summed E-state index contributed by atoms with van der Waals surface area (Å²) in [6, 6.07) is 0.909. The van der Waals surface area contributed by atoms with E-state index in [0.29, 0.717) is 24.1 Å². The standard InChI is InChI=1S/C14H24N2O2/c1-18-13-8-11-2-3-12(9-13)16(11)14(17)10-4-6-15-7-5-10/h10-13,15H,2-9H2,1H3/t11-,12+,13?. The van der Waals surface area contributed by atoms with Crippen LogP contribution >= 0.6 is 0 Å². The van der Waals surface area contributed by atoms with Gasteiger partial charge in [-0.15, -0.1) is 0 Å². The highest BCUT2D eigenvalue weighted by molar-refractivity contribution is 5.80. The lowest BCUT2D eigenvalue weighted by Crippen LogP contribution is -2.51. The van der Waals surface area contributed by atoms with Crippen molar-refractivity contribution in [3.8, 4) is 0 Å². The van der Waals surface area contributed by atoms with Crippen molar-refractivity contribution in [3.63, 3.8) is 0 Å². The highest BCUT2D eigenvalue weighted by Crippen LogP contribution is 2.38. The van der Waals surface area contributed by atoms with Gasteiger partial charge < -0.3 is 15.0 Å². The molecule has 1 unspecified atom stereocenters. The number of nitrogens with zero attached hydrogens (tertiary/aromatic N) is 1. The molecule has 4 heteroatoms. The van der Waals surface area contributed by atoms with Gasteiger partial charge in [-0.3, -0.25) is 4.79 Å². The maximum atomic E-state index is 12.7. The summed E-state index contributed by atoms with van der Waals surface area (Å²) < 4.78 is 5.50. The van der Waals surface area contributed by atoms with Gasteiger partial charge in [-0.2, -0.15) is 0 Å². The number of carbonyl (C=O) groups is 1. The fourth-order valence-electron chi connectivity index (χ4n) is 3.96. The molecule has 3 fully saturated rings. The van der Waals surface area contributed by atoms with Crippen LogP contribution in [-0.4, -0.2) is 49.2 Å². The first-order chi connectivity index (χ1) is 8.79. The minimum absolute atomic E-state index is 0.272. The molecule has 0 spiro atoms. The van der Waals surface area contributed by atoms with Crippen molar-refractivity contribution in [2.45, 2.75) is 56.7 Å². The molecule has 3 heterocycles. The van der Waals surface area contributed by atoms with Gasteiger partial charge in [0.15, 0.2) is 0 Å². The van der Waals surface area contributed by atoms with E-state index >= 15 is 0 Å². The molecule has 0 radical (unpaired) electrons. The third-order valence-corrected chi connectivity index (χ3v) is 4.97. The van der Waals surface area contributed by atoms with Crippen LogP contribution in [0.1, 0.15) is 38.5 Å². The van der Waals surface area contributed by atoms with Crippen molar-refractivity contribution in [3.05, 3.63) is 0 Å². The second-order valence-corrected chi connectivity index (χ2v) is 5.98. The van der Waals surface area contributed by atoms with E-state index in [1.54, 1.807) is 7.11 Å². The normalized spacial score (nSPS) is 36.9. The van der Waals surface area contributed by atoms with E-state index in [9.17, 15) is 4.79 Å². The van der Waals surface area contributed by atoms with E-state index in [4.69, 9.17) is 4.74 Å². The minimum Gasteiger partial charge on any atom is -0.381 e. The van der Waals surface area contributed by atoms with Crippen LogP contribution in [0, 0.1) is 5.92 Å². The monoisotopic (exact) mass is 252 g/mol. The molecule has 1 N–H and O–H groups in total. The molecule has 18 heavy (non-hydrogen) atoms. The summed E-state index contributed by atoms with van der Waals surface area (Å²) in [7, 11) is 1.80. The molecule has 0 aliphatic carbocycles. The molecule has 0 aromatic carbocycles. The van der Waals surface area contributed by atoms with Gasteiger partial charge in [-0.1, -0.05) is 0 Å². The highest BCUT2D eigenvalue weighted by Gasteiger charge is 2.44. The van der Waals surface area contributed by atoms with Crippen molar-refractivity contribution in [1.29, 1.82) is 0 Å². The number of hydrogen-bond donors (Lipinski definition) is 1. The van der Waals surface area contributed by atoms with Crippen LogP contribution in [0.25, 0.3) is 0 Å². The summed E-state index contributed by atoms with van der Waals surface area (Å²) in [5.41, 5.74) is 0. The topological polar surface area (TPSA) is 41.6 Å². The fourth-order valence-corrected chi connectivity index (χ4v) is 3.96. The zero-order valence-electron chi connectivity index (χ0n) is 11.2. The van der Waals surface area contributed by atoms with Gasteiger partial charge in [0.2, 0.25) is 5.91 Å². The number of rotatable bonds is 2. The second-order valence-electron chi connectivity index (χ2n) is 5.98. The van der Waals surface area contributed by atoms with Crippen LogP contribution in [0.15, 0.2) is 0 Å². The molecule has 3 saturated heterocycles. The summed E-state index contributed by atoms with van der Waals surface area (Å²) in [6.45, 7) is 2.00. The number of fused-ring (bicyclic) bond motifs is 2. The van der Waals surface area contributed by atoms with Crippen LogP contribution < -0.4 is 5.32 Å². The first-order valence-corrected chi connectivity index (χ1v) is 7.35. The molecule has 3 aliphatic heterocycles. The number of amides is 1. The lowest BCUT2D eigenvalue weighted by molar-refractivity contribution is -0.143. The molecule has 3 atom stereocenters. The van der Waals surface area contributed by atoms with Gasteiger partial charge in [0.25, 0.3) is 0 Å². The second kappa shape index (κ2) is 5.17. The van der Waals surface area contributed by atoms with Gasteiger partial charge in [0, 0.05) is 25.1 Å². The average Bonchev–Trinajstić information content (AvgIpc) is 2.69. The van der Waals surface area contributed by atoms with Gasteiger partial charge in [0.1, 0.15) is 0 Å². The lowest BCUT2D eigenvalue weighted by atomic mass is 9.92. The molecule has 4 nitrogen and oxygen atoms in total. The summed E-state index contributed by atoms with van der Waals surface area (Å²) in [4.78, 5) is 14.9. The molecular weight excluding hydrogens is 228 g/mol. The largest absolute Gasteiger partial charge is 0.381 e. The smallest absolute Gasteiger partial charge is 0.226 e. The molecule has 1 amide bonds. The van der Waals surface area contributed by atoms with Gasteiger partial charge in [-0.05, 0) is 51.6 Å². The average molecular weight is 252 g/mol. The first-order valence-electron chi connectivity index (χ1n) is 7.35. The molecule has 2 bridgehead atoms. The Hall–Kier alpha value is -0.610. The number of nitrogens with one attached hydrogen (secondary N) is 1. The predicted molar refractivity (Wildman–Crippen MR) is 69.3 cm³/mol. The van der Waals surface area contributed by atoms with Crippen molar-refractivity contribution >= 4 is 5.91 Å². The van der Waals surface area contributed by atoms with Crippen molar-refractivity contribution in [2.75, 3.05) is 20.2 Å². The number of piperidine rings is 2. The molecule has 0 saturated carbocycles. The Morgan fingerprint density at radius 3 is 2.28 bits per heavy atom. The van der Waals surface area contributed by atoms with Crippen LogP contribution in [-0.2, 0) is 9.53 Å². The summed E-state index contributed by atoms with van der Waals surface area (Å²) >= 11 is 0. The summed E-state index contributed by atoms with van der Waals surface area (Å²) in [6.07, 6.45) is 6.86. The number of ether oxygens (including phenoxy) is 1. The zero-order chi connectivity index (χ0) is 12.5. The Bertz CT molecular complexity index is 301. The van der Waals surface area contributed by atoms with E-state index in [0.717, 1.165) is 38.8 Å². The van der Waals surface area contributed by atoms with Crippen molar-refractivity contribution in [1.82, 2.24) is 10.2 Å².